The van der Waals surface area contributed by atoms with Crippen molar-refractivity contribution in [2.24, 2.45) is 0 Å². The molecule has 0 unspecified atom stereocenters. The van der Waals surface area contributed by atoms with E-state index in [1.54, 1.807) is 6.07 Å². The summed E-state index contributed by atoms with van der Waals surface area (Å²) >= 11 is 0. The van der Waals surface area contributed by atoms with Gasteiger partial charge in [-0.25, -0.2) is 4.79 Å². The fraction of sp³-hybridized carbons (Fsp3) is 0.250. The third kappa shape index (κ3) is 3.32. The van der Waals surface area contributed by atoms with Gasteiger partial charge in [-0.05, 0) is 54.5 Å². The van der Waals surface area contributed by atoms with Crippen LogP contribution >= 0.6 is 0 Å². The first kappa shape index (κ1) is 23.4. The highest BCUT2D eigenvalue weighted by atomic mass is 16.4. The van der Waals surface area contributed by atoms with Gasteiger partial charge in [0, 0.05) is 28.3 Å². The number of ketones is 2. The van der Waals surface area contributed by atoms with Gasteiger partial charge in [0.1, 0.15) is 28.6 Å². The van der Waals surface area contributed by atoms with E-state index in [0.29, 0.717) is 36.0 Å². The van der Waals surface area contributed by atoms with E-state index in [-0.39, 0.29) is 38.9 Å². The van der Waals surface area contributed by atoms with E-state index in [0.717, 1.165) is 31.4 Å². The molecular formula is C28H24O8. The fourth-order valence-corrected chi connectivity index (χ4v) is 5.44. The number of fused-ring (bicyclic) bond motifs is 5. The molecule has 0 amide bonds. The largest absolute Gasteiger partial charge is 0.508 e. The van der Waals surface area contributed by atoms with Crippen molar-refractivity contribution >= 4 is 17.5 Å². The Labute approximate surface area is 206 Å². The van der Waals surface area contributed by atoms with Crippen molar-refractivity contribution in [2.75, 3.05) is 0 Å². The van der Waals surface area contributed by atoms with Crippen LogP contribution < -0.4 is 0 Å². The van der Waals surface area contributed by atoms with E-state index < -0.39 is 40.5 Å². The highest BCUT2D eigenvalue weighted by Crippen LogP contribution is 2.49. The average Bonchev–Trinajstić information content (AvgIpc) is 2.81. The zero-order valence-electron chi connectivity index (χ0n) is 19.5. The molecule has 36 heavy (non-hydrogen) atoms. The van der Waals surface area contributed by atoms with Gasteiger partial charge < -0.3 is 25.5 Å². The number of aromatic hydroxyl groups is 4. The van der Waals surface area contributed by atoms with Crippen LogP contribution in [0.2, 0.25) is 0 Å². The first-order chi connectivity index (χ1) is 17.1. The quantitative estimate of drug-likeness (QED) is 0.258. The summed E-state index contributed by atoms with van der Waals surface area (Å²) in [5, 5.41) is 52.3. The van der Waals surface area contributed by atoms with Crippen LogP contribution in [0.5, 0.6) is 23.0 Å². The van der Waals surface area contributed by atoms with Crippen LogP contribution in [0.15, 0.2) is 24.3 Å². The smallest absolute Gasteiger partial charge is 0.339 e. The van der Waals surface area contributed by atoms with E-state index in [2.05, 4.69) is 0 Å². The normalized spacial score (nSPS) is 13.6. The maximum Gasteiger partial charge on any atom is 0.339 e. The van der Waals surface area contributed by atoms with Crippen molar-refractivity contribution in [1.82, 2.24) is 0 Å². The molecule has 0 heterocycles. The topological polar surface area (TPSA) is 152 Å². The van der Waals surface area contributed by atoms with Gasteiger partial charge in [0.15, 0.2) is 5.78 Å². The molecule has 0 saturated heterocycles. The Kier molecular flexibility index (Phi) is 5.47. The number of carbonyl (C=O) groups excluding carboxylic acids is 2. The fourth-order valence-electron chi connectivity index (χ4n) is 5.44. The summed E-state index contributed by atoms with van der Waals surface area (Å²) < 4.78 is 0. The van der Waals surface area contributed by atoms with Crippen LogP contribution in [-0.2, 0) is 19.3 Å². The minimum Gasteiger partial charge on any atom is -0.508 e. The lowest BCUT2D eigenvalue weighted by Crippen LogP contribution is -2.23. The summed E-state index contributed by atoms with van der Waals surface area (Å²) in [5.41, 5.74) is 0.913. The number of carbonyl (C=O) groups is 3. The summed E-state index contributed by atoms with van der Waals surface area (Å²) in [4.78, 5) is 38.7. The second-order valence-corrected chi connectivity index (χ2v) is 9.28. The van der Waals surface area contributed by atoms with E-state index in [1.807, 2.05) is 6.92 Å². The number of hydrogen-bond acceptors (Lipinski definition) is 7. The van der Waals surface area contributed by atoms with E-state index >= 15 is 0 Å². The van der Waals surface area contributed by atoms with Gasteiger partial charge in [0.05, 0.1) is 11.1 Å². The van der Waals surface area contributed by atoms with Crippen LogP contribution in [0.4, 0.5) is 0 Å². The van der Waals surface area contributed by atoms with Crippen molar-refractivity contribution in [2.45, 2.75) is 45.4 Å². The van der Waals surface area contributed by atoms with Gasteiger partial charge in [-0.2, -0.15) is 0 Å². The number of aromatic carboxylic acids is 1. The molecule has 0 atom stereocenters. The van der Waals surface area contributed by atoms with Crippen molar-refractivity contribution in [3.63, 3.8) is 0 Å². The summed E-state index contributed by atoms with van der Waals surface area (Å²) in [6, 6.07) is 5.18. The maximum atomic E-state index is 13.3. The number of phenols is 4. The molecule has 8 nitrogen and oxygen atoms in total. The summed E-state index contributed by atoms with van der Waals surface area (Å²) in [5.74, 6) is -4.57. The number of carboxylic acids is 1. The molecule has 8 heteroatoms. The zero-order valence-corrected chi connectivity index (χ0v) is 19.5. The Morgan fingerprint density at radius 2 is 1.53 bits per heavy atom. The van der Waals surface area contributed by atoms with Crippen LogP contribution in [0.1, 0.15) is 85.1 Å². The molecule has 5 rings (SSSR count). The lowest BCUT2D eigenvalue weighted by molar-refractivity contribution is 0.0692. The summed E-state index contributed by atoms with van der Waals surface area (Å²) in [6.45, 7) is 2.04. The lowest BCUT2D eigenvalue weighted by atomic mass is 9.75. The van der Waals surface area contributed by atoms with Gasteiger partial charge in [0.25, 0.3) is 0 Å². The Bertz CT molecular complexity index is 1500. The number of unbranched alkanes of at least 4 members (excludes halogenated alkanes) is 2. The SMILES string of the molecule is CCCCCc1cc2c(c(O)c1C(=O)O)-c1cc3c(c(O)c1CC2)C(=O)c1c(O)cc(O)cc1C3=O. The molecule has 0 spiro atoms. The molecule has 5 N–H and O–H groups in total. The van der Waals surface area contributed by atoms with E-state index in [9.17, 15) is 39.9 Å². The van der Waals surface area contributed by atoms with Crippen LogP contribution in [-0.4, -0.2) is 43.1 Å². The van der Waals surface area contributed by atoms with Gasteiger partial charge in [-0.1, -0.05) is 25.8 Å². The lowest BCUT2D eigenvalue weighted by Gasteiger charge is -2.28. The standard InChI is InChI=1S/C28H24O8/c1-2-3-4-5-12-8-13-6-7-15-16(20(13)26(33)21(12)28(35)36)11-18-23(25(15)32)27(34)22-17(24(18)31)9-14(29)10-19(22)30/h8-11,29-30,32-33H,2-7H2,1H3,(H,35,36). The molecular weight excluding hydrogens is 464 g/mol. The Morgan fingerprint density at radius 3 is 2.22 bits per heavy atom. The van der Waals surface area contributed by atoms with Gasteiger partial charge in [-0.15, -0.1) is 0 Å². The molecule has 3 aromatic carbocycles. The van der Waals surface area contributed by atoms with E-state index in [1.165, 1.54) is 6.07 Å². The molecule has 2 aliphatic rings. The highest BCUT2D eigenvalue weighted by molar-refractivity contribution is 6.31. The molecule has 0 saturated carbocycles. The monoisotopic (exact) mass is 488 g/mol. The molecule has 0 aromatic heterocycles. The zero-order chi connectivity index (χ0) is 25.9. The molecule has 0 fully saturated rings. The van der Waals surface area contributed by atoms with Crippen LogP contribution in [0.3, 0.4) is 0 Å². The van der Waals surface area contributed by atoms with Crippen molar-refractivity contribution < 1.29 is 39.9 Å². The number of benzene rings is 3. The number of aryl methyl sites for hydroxylation is 2. The van der Waals surface area contributed by atoms with Gasteiger partial charge >= 0.3 is 5.97 Å². The first-order valence-corrected chi connectivity index (χ1v) is 11.8. The summed E-state index contributed by atoms with van der Waals surface area (Å²) in [6.07, 6.45) is 3.84. The van der Waals surface area contributed by atoms with Gasteiger partial charge in [-0.3, -0.25) is 9.59 Å². The molecule has 0 aliphatic heterocycles. The minimum atomic E-state index is -1.28. The summed E-state index contributed by atoms with van der Waals surface area (Å²) in [7, 11) is 0. The first-order valence-electron chi connectivity index (χ1n) is 11.8. The maximum absolute atomic E-state index is 13.3. The molecule has 3 aromatic rings. The predicted molar refractivity (Wildman–Crippen MR) is 129 cm³/mol. The molecule has 0 radical (unpaired) electrons. The second-order valence-electron chi connectivity index (χ2n) is 9.28. The molecule has 2 aliphatic carbocycles. The molecule has 184 valence electrons. The molecule has 0 bridgehead atoms. The van der Waals surface area contributed by atoms with Crippen molar-refractivity contribution in [1.29, 1.82) is 0 Å². The van der Waals surface area contributed by atoms with Crippen LogP contribution in [0.25, 0.3) is 11.1 Å². The van der Waals surface area contributed by atoms with Crippen molar-refractivity contribution in [3.8, 4) is 34.1 Å². The number of rotatable bonds is 5. The van der Waals surface area contributed by atoms with Crippen molar-refractivity contribution in [3.05, 3.63) is 68.8 Å². The predicted octanol–water partition coefficient (Wildman–Crippen LogP) is 4.48. The number of carboxylic acid groups (broad SMARTS) is 1. The Balaban J connectivity index is 1.74. The minimum absolute atomic E-state index is 0.148. The number of phenolic OH excluding ortho intramolecular Hbond substituents is 3. The Morgan fingerprint density at radius 1 is 0.806 bits per heavy atom. The second kappa shape index (κ2) is 8.41. The van der Waals surface area contributed by atoms with Crippen LogP contribution in [0, 0.1) is 0 Å². The Hall–Kier alpha value is -4.33. The third-order valence-corrected chi connectivity index (χ3v) is 7.09. The highest BCUT2D eigenvalue weighted by Gasteiger charge is 2.38. The van der Waals surface area contributed by atoms with Gasteiger partial charge in [0.2, 0.25) is 5.78 Å². The average molecular weight is 488 g/mol. The number of hydrogen-bond donors (Lipinski definition) is 5. The van der Waals surface area contributed by atoms with E-state index in [4.69, 9.17) is 0 Å². The third-order valence-electron chi connectivity index (χ3n) is 7.09.